The monoisotopic (exact) mass is 167 g/mol. The van der Waals surface area contributed by atoms with Crippen LogP contribution in [0, 0.1) is 0 Å². The van der Waals surface area contributed by atoms with Crippen molar-refractivity contribution in [3.8, 4) is 5.13 Å². The van der Waals surface area contributed by atoms with E-state index >= 15 is 0 Å². The van der Waals surface area contributed by atoms with Crippen molar-refractivity contribution in [1.82, 2.24) is 19.7 Å². The Balaban J connectivity index is 2.45. The Labute approximate surface area is 66.5 Å². The van der Waals surface area contributed by atoms with Gasteiger partial charge in [0.15, 0.2) is 0 Å². The fourth-order valence-electron chi connectivity index (χ4n) is 0.703. The summed E-state index contributed by atoms with van der Waals surface area (Å²) in [7, 11) is 0. The minimum absolute atomic E-state index is 0.466. The summed E-state index contributed by atoms with van der Waals surface area (Å²) in [5.41, 5.74) is 5.40. The molecule has 2 rings (SSSR count). The first-order valence-corrected chi connectivity index (χ1v) is 3.75. The number of hydrogen-bond acceptors (Lipinski definition) is 5. The van der Waals surface area contributed by atoms with Crippen molar-refractivity contribution in [2.24, 2.45) is 0 Å². The molecule has 0 unspecified atom stereocenters. The van der Waals surface area contributed by atoms with Crippen LogP contribution < -0.4 is 5.73 Å². The van der Waals surface area contributed by atoms with E-state index in [1.165, 1.54) is 11.3 Å². The van der Waals surface area contributed by atoms with Gasteiger partial charge in [-0.25, -0.2) is 4.98 Å². The third kappa shape index (κ3) is 1.07. The number of nitrogens with zero attached hydrogens (tertiary/aromatic N) is 4. The average Bonchev–Trinajstić information content (AvgIpc) is 2.55. The fourth-order valence-corrected chi connectivity index (χ4v) is 1.27. The summed E-state index contributed by atoms with van der Waals surface area (Å²) in [5.74, 6) is 0. The molecule has 56 valence electrons. The van der Waals surface area contributed by atoms with E-state index in [0.717, 1.165) is 5.13 Å². The molecule has 0 aliphatic heterocycles. The second-order valence-corrected chi connectivity index (χ2v) is 2.88. The third-order valence-electron chi connectivity index (χ3n) is 1.16. The summed E-state index contributed by atoms with van der Waals surface area (Å²) < 4.78 is 1.76. The van der Waals surface area contributed by atoms with Gasteiger partial charge in [-0.2, -0.15) is 0 Å². The molecule has 0 fully saturated rings. The largest absolute Gasteiger partial charge is 0.374 e. The lowest BCUT2D eigenvalue weighted by Crippen LogP contribution is -1.87. The zero-order chi connectivity index (χ0) is 7.68. The van der Waals surface area contributed by atoms with Gasteiger partial charge in [0.25, 0.3) is 0 Å². The third-order valence-corrected chi connectivity index (χ3v) is 1.92. The molecule has 5 nitrogen and oxygen atoms in total. The highest BCUT2D eigenvalue weighted by molar-refractivity contribution is 7.17. The molecule has 0 aromatic carbocycles. The smallest absolute Gasteiger partial charge is 0.219 e. The topological polar surface area (TPSA) is 69.6 Å². The standard InChI is InChI=1S/C5H5N5S/c6-4-8-9-5(11-4)10-2-1-7-3-10/h1-3H,(H2,6,8). The lowest BCUT2D eigenvalue weighted by atomic mass is 10.9. The van der Waals surface area contributed by atoms with E-state index in [1.54, 1.807) is 23.3 Å². The molecule has 6 heteroatoms. The van der Waals surface area contributed by atoms with E-state index in [0.29, 0.717) is 5.13 Å². The molecule has 0 bridgehead atoms. The SMILES string of the molecule is Nc1nnc(-n2ccnc2)s1. The number of rotatable bonds is 1. The van der Waals surface area contributed by atoms with Gasteiger partial charge < -0.3 is 5.73 Å². The molecular formula is C5H5N5S. The molecule has 0 atom stereocenters. The Morgan fingerprint density at radius 3 is 2.91 bits per heavy atom. The minimum atomic E-state index is 0.466. The first kappa shape index (κ1) is 6.29. The predicted molar refractivity (Wildman–Crippen MR) is 41.4 cm³/mol. The second-order valence-electron chi connectivity index (χ2n) is 1.89. The van der Waals surface area contributed by atoms with Gasteiger partial charge in [0.05, 0.1) is 0 Å². The summed E-state index contributed by atoms with van der Waals surface area (Å²) in [6.07, 6.45) is 5.12. The molecule has 0 saturated heterocycles. The summed E-state index contributed by atoms with van der Waals surface area (Å²) in [5, 5.41) is 8.70. The normalized spacial score (nSPS) is 10.2. The number of anilines is 1. The van der Waals surface area contributed by atoms with Gasteiger partial charge in [-0.05, 0) is 0 Å². The maximum absolute atomic E-state index is 5.40. The molecule has 2 N–H and O–H groups in total. The van der Waals surface area contributed by atoms with Crippen molar-refractivity contribution in [2.75, 3.05) is 5.73 Å². The van der Waals surface area contributed by atoms with Crippen molar-refractivity contribution in [1.29, 1.82) is 0 Å². The summed E-state index contributed by atoms with van der Waals surface area (Å²) in [6.45, 7) is 0. The zero-order valence-corrected chi connectivity index (χ0v) is 6.32. The quantitative estimate of drug-likeness (QED) is 0.663. The molecule has 11 heavy (non-hydrogen) atoms. The maximum Gasteiger partial charge on any atom is 0.219 e. The van der Waals surface area contributed by atoms with Crippen molar-refractivity contribution in [3.05, 3.63) is 18.7 Å². The molecule has 0 aliphatic rings. The first-order valence-electron chi connectivity index (χ1n) is 2.93. The van der Waals surface area contributed by atoms with Crippen LogP contribution in [0.1, 0.15) is 0 Å². The number of nitrogen functional groups attached to an aromatic ring is 1. The van der Waals surface area contributed by atoms with Crippen molar-refractivity contribution in [3.63, 3.8) is 0 Å². The van der Waals surface area contributed by atoms with Crippen LogP contribution in [0.4, 0.5) is 5.13 Å². The van der Waals surface area contributed by atoms with Crippen LogP contribution in [0.3, 0.4) is 0 Å². The Bertz CT molecular complexity index is 337. The van der Waals surface area contributed by atoms with E-state index in [9.17, 15) is 0 Å². The number of aromatic nitrogens is 4. The van der Waals surface area contributed by atoms with E-state index in [-0.39, 0.29) is 0 Å². The summed E-state index contributed by atoms with van der Waals surface area (Å²) in [4.78, 5) is 3.87. The second kappa shape index (κ2) is 2.31. The van der Waals surface area contributed by atoms with Crippen molar-refractivity contribution in [2.45, 2.75) is 0 Å². The number of nitrogens with two attached hydrogens (primary N) is 1. The molecule has 0 saturated carbocycles. The van der Waals surface area contributed by atoms with Crippen LogP contribution in [0.25, 0.3) is 5.13 Å². The van der Waals surface area contributed by atoms with Gasteiger partial charge in [-0.3, -0.25) is 4.57 Å². The highest BCUT2D eigenvalue weighted by atomic mass is 32.1. The summed E-state index contributed by atoms with van der Waals surface area (Å²) in [6, 6.07) is 0. The van der Waals surface area contributed by atoms with Crippen LogP contribution >= 0.6 is 11.3 Å². The summed E-state index contributed by atoms with van der Waals surface area (Å²) >= 11 is 1.32. The molecular weight excluding hydrogens is 162 g/mol. The van der Waals surface area contributed by atoms with Crippen LogP contribution in [0.5, 0.6) is 0 Å². The zero-order valence-electron chi connectivity index (χ0n) is 5.51. The van der Waals surface area contributed by atoms with Crippen LogP contribution in [0.15, 0.2) is 18.7 Å². The lowest BCUT2D eigenvalue weighted by molar-refractivity contribution is 0.967. The average molecular weight is 167 g/mol. The maximum atomic E-state index is 5.40. The number of imidazole rings is 1. The Morgan fingerprint density at radius 2 is 2.36 bits per heavy atom. The molecule has 2 aromatic rings. The molecule has 2 aromatic heterocycles. The van der Waals surface area contributed by atoms with Gasteiger partial charge in [-0.15, -0.1) is 10.2 Å². The van der Waals surface area contributed by atoms with E-state index in [4.69, 9.17) is 5.73 Å². The van der Waals surface area contributed by atoms with Gasteiger partial charge in [0.2, 0.25) is 10.3 Å². The Hall–Kier alpha value is -1.43. The van der Waals surface area contributed by atoms with E-state index in [2.05, 4.69) is 15.2 Å². The van der Waals surface area contributed by atoms with E-state index < -0.39 is 0 Å². The lowest BCUT2D eigenvalue weighted by Gasteiger charge is -1.88. The van der Waals surface area contributed by atoms with Crippen LogP contribution in [-0.4, -0.2) is 19.7 Å². The predicted octanol–water partition coefficient (Wildman–Crippen LogP) is 0.306. The van der Waals surface area contributed by atoms with Gasteiger partial charge >= 0.3 is 0 Å². The van der Waals surface area contributed by atoms with Gasteiger partial charge in [-0.1, -0.05) is 11.3 Å². The minimum Gasteiger partial charge on any atom is -0.374 e. The van der Waals surface area contributed by atoms with Crippen LogP contribution in [-0.2, 0) is 0 Å². The number of hydrogen-bond donors (Lipinski definition) is 1. The van der Waals surface area contributed by atoms with Gasteiger partial charge in [0.1, 0.15) is 6.33 Å². The molecule has 0 aliphatic carbocycles. The fraction of sp³-hybridized carbons (Fsp3) is 0. The Kier molecular flexibility index (Phi) is 1.32. The van der Waals surface area contributed by atoms with E-state index in [1.807, 2.05) is 0 Å². The molecule has 0 radical (unpaired) electrons. The first-order chi connectivity index (χ1) is 5.36. The highest BCUT2D eigenvalue weighted by Gasteiger charge is 2.00. The molecule has 2 heterocycles. The van der Waals surface area contributed by atoms with Gasteiger partial charge in [0, 0.05) is 12.4 Å². The van der Waals surface area contributed by atoms with Crippen LogP contribution in [0.2, 0.25) is 0 Å². The highest BCUT2D eigenvalue weighted by Crippen LogP contribution is 2.14. The molecule has 0 amide bonds. The van der Waals surface area contributed by atoms with Crippen molar-refractivity contribution >= 4 is 16.5 Å². The molecule has 0 spiro atoms. The Morgan fingerprint density at radius 1 is 1.45 bits per heavy atom. The van der Waals surface area contributed by atoms with Crippen molar-refractivity contribution < 1.29 is 0 Å².